The summed E-state index contributed by atoms with van der Waals surface area (Å²) in [7, 11) is 1.27. The van der Waals surface area contributed by atoms with Crippen LogP contribution in [0.2, 0.25) is 0 Å². The maximum atomic E-state index is 13.8. The Bertz CT molecular complexity index is 1390. The zero-order chi connectivity index (χ0) is 34.2. The van der Waals surface area contributed by atoms with E-state index in [9.17, 15) is 28.0 Å². The SMILES string of the molecule is COC(=O)N1CCN(C(=O)c2nc(-c3ccc(OC(F)F)c(OCCCCC(=O)O)c3)oc2[C@H](C)NC(=O)OC(C)(C)C)CC1C. The Morgan fingerprint density at radius 3 is 2.48 bits per heavy atom. The number of aliphatic carboxylic acids is 1. The third-order valence-electron chi connectivity index (χ3n) is 6.76. The van der Waals surface area contributed by atoms with Crippen molar-refractivity contribution in [1.29, 1.82) is 0 Å². The third-order valence-corrected chi connectivity index (χ3v) is 6.76. The van der Waals surface area contributed by atoms with Crippen molar-refractivity contribution in [3.05, 3.63) is 29.7 Å². The Balaban J connectivity index is 1.96. The fourth-order valence-corrected chi connectivity index (χ4v) is 4.64. The molecule has 3 amide bonds. The molecule has 0 bridgehead atoms. The lowest BCUT2D eigenvalue weighted by molar-refractivity contribution is -0.137. The third kappa shape index (κ3) is 9.94. The predicted octanol–water partition coefficient (Wildman–Crippen LogP) is 5.08. The molecule has 1 aromatic heterocycles. The zero-order valence-corrected chi connectivity index (χ0v) is 26.6. The number of carboxylic acid groups (broad SMARTS) is 1. The number of amides is 3. The molecule has 2 N–H and O–H groups in total. The van der Waals surface area contributed by atoms with Gasteiger partial charge in [0.2, 0.25) is 5.89 Å². The van der Waals surface area contributed by atoms with Crippen molar-refractivity contribution in [2.45, 2.75) is 78.2 Å². The molecule has 3 rings (SSSR count). The van der Waals surface area contributed by atoms with Gasteiger partial charge in [0.05, 0.1) is 19.8 Å². The standard InChI is InChI=1S/C30H40F2N4O10/c1-17-16-35(12-13-36(17)29(41)42-6)26(39)23-24(18(2)33-28(40)46-30(3,4)5)45-25(34-23)19-10-11-20(44-27(31)32)21(15-19)43-14-8-7-9-22(37)38/h10-11,15,17-18,27H,7-9,12-14,16H2,1-6H3,(H,33,40)(H,37,38)/t17?,18-/m0/s1. The summed E-state index contributed by atoms with van der Waals surface area (Å²) >= 11 is 0. The number of halogens is 2. The van der Waals surface area contributed by atoms with Crippen LogP contribution in [0, 0.1) is 0 Å². The number of carbonyl (C=O) groups excluding carboxylic acids is 3. The van der Waals surface area contributed by atoms with Gasteiger partial charge in [0.25, 0.3) is 5.91 Å². The zero-order valence-electron chi connectivity index (χ0n) is 26.6. The molecule has 0 radical (unpaired) electrons. The number of piperazine rings is 1. The first-order valence-corrected chi connectivity index (χ1v) is 14.7. The van der Waals surface area contributed by atoms with E-state index in [1.54, 1.807) is 34.6 Å². The number of oxazole rings is 1. The maximum Gasteiger partial charge on any atom is 0.409 e. The van der Waals surface area contributed by atoms with E-state index >= 15 is 0 Å². The van der Waals surface area contributed by atoms with Crippen LogP contribution in [-0.4, -0.2) is 95.6 Å². The summed E-state index contributed by atoms with van der Waals surface area (Å²) in [6.07, 6.45) is -0.709. The van der Waals surface area contributed by atoms with Gasteiger partial charge in [-0.1, -0.05) is 0 Å². The molecule has 1 unspecified atom stereocenters. The van der Waals surface area contributed by atoms with Gasteiger partial charge in [0.1, 0.15) is 5.60 Å². The highest BCUT2D eigenvalue weighted by atomic mass is 19.3. The summed E-state index contributed by atoms with van der Waals surface area (Å²) in [6.45, 7) is 5.87. The first-order chi connectivity index (χ1) is 21.6. The van der Waals surface area contributed by atoms with Gasteiger partial charge in [-0.25, -0.2) is 14.6 Å². The summed E-state index contributed by atoms with van der Waals surface area (Å²) in [5.74, 6) is -1.89. The number of nitrogens with one attached hydrogen (secondary N) is 1. The van der Waals surface area contributed by atoms with Crippen LogP contribution in [0.25, 0.3) is 11.5 Å². The lowest BCUT2D eigenvalue weighted by Gasteiger charge is -2.38. The van der Waals surface area contributed by atoms with Crippen LogP contribution >= 0.6 is 0 Å². The Kier molecular flexibility index (Phi) is 12.1. The highest BCUT2D eigenvalue weighted by Crippen LogP contribution is 2.35. The average Bonchev–Trinajstić information content (AvgIpc) is 3.41. The van der Waals surface area contributed by atoms with Gasteiger partial charge in [-0.05, 0) is 65.7 Å². The number of ether oxygens (including phenoxy) is 4. The van der Waals surface area contributed by atoms with Gasteiger partial charge in [0, 0.05) is 37.7 Å². The summed E-state index contributed by atoms with van der Waals surface area (Å²) in [5, 5.41) is 11.5. The number of carbonyl (C=O) groups is 4. The molecular formula is C30H40F2N4O10. The molecule has 0 aliphatic carbocycles. The van der Waals surface area contributed by atoms with E-state index in [0.717, 1.165) is 0 Å². The number of unbranched alkanes of at least 4 members (excludes halogenated alkanes) is 1. The van der Waals surface area contributed by atoms with Gasteiger partial charge in [-0.3, -0.25) is 9.59 Å². The number of carboxylic acids is 1. The second kappa shape index (κ2) is 15.6. The molecule has 1 fully saturated rings. The van der Waals surface area contributed by atoms with Crippen LogP contribution in [0.3, 0.4) is 0 Å². The summed E-state index contributed by atoms with van der Waals surface area (Å²) < 4.78 is 52.6. The first-order valence-electron chi connectivity index (χ1n) is 14.7. The molecule has 16 heteroatoms. The van der Waals surface area contributed by atoms with E-state index in [0.29, 0.717) is 12.8 Å². The fourth-order valence-electron chi connectivity index (χ4n) is 4.64. The molecule has 0 spiro atoms. The molecule has 2 heterocycles. The van der Waals surface area contributed by atoms with Gasteiger partial charge in [-0.2, -0.15) is 8.78 Å². The maximum absolute atomic E-state index is 13.8. The van der Waals surface area contributed by atoms with Gasteiger partial charge in [-0.15, -0.1) is 0 Å². The van der Waals surface area contributed by atoms with Crippen LogP contribution in [0.1, 0.15) is 76.2 Å². The van der Waals surface area contributed by atoms with Crippen molar-refractivity contribution < 1.29 is 56.4 Å². The molecule has 2 aromatic rings. The molecule has 1 aliphatic heterocycles. The summed E-state index contributed by atoms with van der Waals surface area (Å²) in [6, 6.07) is 2.71. The summed E-state index contributed by atoms with van der Waals surface area (Å²) in [4.78, 5) is 56.7. The minimum atomic E-state index is -3.14. The van der Waals surface area contributed by atoms with Crippen LogP contribution in [-0.2, 0) is 14.3 Å². The lowest BCUT2D eigenvalue weighted by Crippen LogP contribution is -2.55. The second-order valence-corrected chi connectivity index (χ2v) is 11.6. The van der Waals surface area contributed by atoms with Crippen LogP contribution in [0.5, 0.6) is 11.5 Å². The van der Waals surface area contributed by atoms with Crippen LogP contribution in [0.4, 0.5) is 18.4 Å². The number of methoxy groups -OCH3 is 1. The molecule has 254 valence electrons. The van der Waals surface area contributed by atoms with Gasteiger partial charge in [0.15, 0.2) is 23.0 Å². The van der Waals surface area contributed by atoms with Crippen molar-refractivity contribution in [2.75, 3.05) is 33.4 Å². The molecule has 1 saturated heterocycles. The molecule has 0 saturated carbocycles. The van der Waals surface area contributed by atoms with Crippen LogP contribution < -0.4 is 14.8 Å². The molecule has 1 aliphatic rings. The fraction of sp³-hybridized carbons (Fsp3) is 0.567. The van der Waals surface area contributed by atoms with E-state index in [2.05, 4.69) is 15.0 Å². The average molecular weight is 655 g/mol. The molecule has 46 heavy (non-hydrogen) atoms. The number of rotatable bonds is 12. The number of nitrogens with zero attached hydrogens (tertiary/aromatic N) is 3. The highest BCUT2D eigenvalue weighted by Gasteiger charge is 2.35. The smallest absolute Gasteiger partial charge is 0.409 e. The van der Waals surface area contributed by atoms with Gasteiger partial charge < -0.3 is 43.6 Å². The van der Waals surface area contributed by atoms with E-state index in [1.165, 1.54) is 35.1 Å². The number of hydrogen-bond donors (Lipinski definition) is 2. The second-order valence-electron chi connectivity index (χ2n) is 11.6. The number of benzene rings is 1. The van der Waals surface area contributed by atoms with E-state index in [4.69, 9.17) is 23.7 Å². The number of aromatic nitrogens is 1. The van der Waals surface area contributed by atoms with Crippen molar-refractivity contribution in [1.82, 2.24) is 20.1 Å². The van der Waals surface area contributed by atoms with Gasteiger partial charge >= 0.3 is 24.8 Å². The number of alkyl halides is 2. The minimum absolute atomic E-state index is 0.0120. The minimum Gasteiger partial charge on any atom is -0.490 e. The van der Waals surface area contributed by atoms with Crippen molar-refractivity contribution in [3.63, 3.8) is 0 Å². The quantitative estimate of drug-likeness (QED) is 0.293. The van der Waals surface area contributed by atoms with Crippen LogP contribution in [0.15, 0.2) is 22.6 Å². The Morgan fingerprint density at radius 2 is 1.87 bits per heavy atom. The molecule has 14 nitrogen and oxygen atoms in total. The molecular weight excluding hydrogens is 614 g/mol. The topological polar surface area (TPSA) is 170 Å². The van der Waals surface area contributed by atoms with E-state index in [1.807, 2.05) is 0 Å². The Labute approximate surface area is 264 Å². The largest absolute Gasteiger partial charge is 0.490 e. The first kappa shape index (κ1) is 35.8. The highest BCUT2D eigenvalue weighted by molar-refractivity contribution is 5.94. The van der Waals surface area contributed by atoms with Crippen molar-refractivity contribution in [3.8, 4) is 23.0 Å². The Morgan fingerprint density at radius 1 is 1.15 bits per heavy atom. The van der Waals surface area contributed by atoms with Crippen molar-refractivity contribution in [2.24, 2.45) is 0 Å². The van der Waals surface area contributed by atoms with E-state index in [-0.39, 0.29) is 73.1 Å². The summed E-state index contributed by atoms with van der Waals surface area (Å²) in [5.41, 5.74) is -0.659. The van der Waals surface area contributed by atoms with E-state index < -0.39 is 42.3 Å². The predicted molar refractivity (Wildman–Crippen MR) is 158 cm³/mol. The normalized spacial score (nSPS) is 15.7. The molecule has 1 aromatic carbocycles. The monoisotopic (exact) mass is 654 g/mol. The Hall–Kier alpha value is -4.63. The molecule has 2 atom stereocenters. The lowest BCUT2D eigenvalue weighted by atomic mass is 10.1. The number of hydrogen-bond acceptors (Lipinski definition) is 10. The van der Waals surface area contributed by atoms with Crippen molar-refractivity contribution >= 4 is 24.1 Å². The number of alkyl carbamates (subject to hydrolysis) is 1.